The van der Waals surface area contributed by atoms with E-state index in [1.54, 1.807) is 7.05 Å². The van der Waals surface area contributed by atoms with Crippen molar-refractivity contribution < 1.29 is 9.53 Å². The van der Waals surface area contributed by atoms with Crippen molar-refractivity contribution in [3.05, 3.63) is 0 Å². The Labute approximate surface area is 96.0 Å². The Morgan fingerprint density at radius 1 is 1.50 bits per heavy atom. The van der Waals surface area contributed by atoms with Crippen molar-refractivity contribution in [2.45, 2.75) is 32.8 Å². The number of carbonyl (C=O) groups is 1. The van der Waals surface area contributed by atoms with Crippen molar-refractivity contribution in [1.29, 1.82) is 5.53 Å². The highest BCUT2D eigenvalue weighted by molar-refractivity contribution is 5.67. The molecule has 1 amide bonds. The van der Waals surface area contributed by atoms with Crippen LogP contribution in [-0.2, 0) is 4.74 Å². The Bertz CT molecular complexity index is 226. The minimum absolute atomic E-state index is 0.425. The first-order valence-electron chi connectivity index (χ1n) is 5.18. The second kappa shape index (κ2) is 7.00. The SMILES string of the molecule is CNN(CCCNC(=O)OC(C)(C)C)N=N. The van der Waals surface area contributed by atoms with E-state index in [1.807, 2.05) is 20.8 Å². The van der Waals surface area contributed by atoms with Crippen LogP contribution >= 0.6 is 0 Å². The minimum atomic E-state index is -0.475. The van der Waals surface area contributed by atoms with Crippen LogP contribution in [0.15, 0.2) is 5.22 Å². The Morgan fingerprint density at radius 2 is 2.12 bits per heavy atom. The van der Waals surface area contributed by atoms with Crippen LogP contribution in [0.2, 0.25) is 0 Å². The fraction of sp³-hybridized carbons (Fsp3) is 0.889. The Hall–Kier alpha value is -1.37. The van der Waals surface area contributed by atoms with Crippen LogP contribution in [0.25, 0.3) is 0 Å². The average molecular weight is 231 g/mol. The van der Waals surface area contributed by atoms with E-state index >= 15 is 0 Å². The summed E-state index contributed by atoms with van der Waals surface area (Å²) < 4.78 is 5.06. The van der Waals surface area contributed by atoms with E-state index in [0.29, 0.717) is 19.5 Å². The highest BCUT2D eigenvalue weighted by atomic mass is 16.6. The molecule has 0 saturated carbocycles. The van der Waals surface area contributed by atoms with Gasteiger partial charge in [0.15, 0.2) is 0 Å². The van der Waals surface area contributed by atoms with E-state index < -0.39 is 11.7 Å². The van der Waals surface area contributed by atoms with Gasteiger partial charge in [0.05, 0.1) is 6.54 Å². The summed E-state index contributed by atoms with van der Waals surface area (Å²) >= 11 is 0. The van der Waals surface area contributed by atoms with Gasteiger partial charge < -0.3 is 10.1 Å². The number of rotatable bonds is 6. The van der Waals surface area contributed by atoms with Crippen LogP contribution in [0.1, 0.15) is 27.2 Å². The monoisotopic (exact) mass is 231 g/mol. The van der Waals surface area contributed by atoms with Gasteiger partial charge >= 0.3 is 6.09 Å². The number of ether oxygens (including phenoxy) is 1. The van der Waals surface area contributed by atoms with Gasteiger partial charge in [-0.15, -0.1) is 0 Å². The topological polar surface area (TPSA) is 89.8 Å². The van der Waals surface area contributed by atoms with Crippen molar-refractivity contribution in [3.63, 3.8) is 0 Å². The Morgan fingerprint density at radius 3 is 2.56 bits per heavy atom. The number of nitrogens with zero attached hydrogens (tertiary/aromatic N) is 2. The molecule has 0 fully saturated rings. The Kier molecular flexibility index (Phi) is 6.40. The quantitative estimate of drug-likeness (QED) is 0.365. The molecule has 3 N–H and O–H groups in total. The van der Waals surface area contributed by atoms with Crippen LogP contribution in [0.4, 0.5) is 4.79 Å². The van der Waals surface area contributed by atoms with E-state index in [2.05, 4.69) is 16.0 Å². The molecule has 0 heterocycles. The van der Waals surface area contributed by atoms with Gasteiger partial charge in [-0.3, -0.25) is 0 Å². The third-order valence-electron chi connectivity index (χ3n) is 1.59. The average Bonchev–Trinajstić information content (AvgIpc) is 2.15. The summed E-state index contributed by atoms with van der Waals surface area (Å²) in [5, 5.41) is 7.21. The van der Waals surface area contributed by atoms with Crippen molar-refractivity contribution in [2.24, 2.45) is 5.22 Å². The molecule has 0 radical (unpaired) electrons. The number of carbonyl (C=O) groups excluding carboxylic acids is 1. The van der Waals surface area contributed by atoms with Gasteiger partial charge in [0.2, 0.25) is 0 Å². The molecule has 0 aliphatic rings. The van der Waals surface area contributed by atoms with Crippen LogP contribution < -0.4 is 10.7 Å². The van der Waals surface area contributed by atoms with Gasteiger partial charge in [-0.05, 0) is 27.2 Å². The maximum Gasteiger partial charge on any atom is 0.407 e. The molecule has 0 saturated heterocycles. The zero-order valence-electron chi connectivity index (χ0n) is 10.3. The van der Waals surface area contributed by atoms with Crippen LogP contribution in [0, 0.1) is 5.53 Å². The third kappa shape index (κ3) is 7.98. The van der Waals surface area contributed by atoms with Gasteiger partial charge in [0.25, 0.3) is 0 Å². The first-order valence-corrected chi connectivity index (χ1v) is 5.18. The van der Waals surface area contributed by atoms with Crippen molar-refractivity contribution in [3.8, 4) is 0 Å². The van der Waals surface area contributed by atoms with E-state index in [0.717, 1.165) is 0 Å². The molecule has 7 nitrogen and oxygen atoms in total. The molecule has 0 atom stereocenters. The molecule has 94 valence electrons. The second-order valence-electron chi connectivity index (χ2n) is 4.23. The molecule has 0 spiro atoms. The molecule has 0 rings (SSSR count). The molecule has 0 aliphatic heterocycles. The van der Waals surface area contributed by atoms with Crippen LogP contribution in [0.3, 0.4) is 0 Å². The van der Waals surface area contributed by atoms with Crippen molar-refractivity contribution in [2.75, 3.05) is 20.1 Å². The normalized spacial score (nSPS) is 10.8. The lowest BCUT2D eigenvalue weighted by molar-refractivity contribution is 0.0524. The summed E-state index contributed by atoms with van der Waals surface area (Å²) in [7, 11) is 1.68. The number of hydrazine groups is 1. The molecule has 0 aromatic rings. The molecule has 0 aliphatic carbocycles. The number of amides is 1. The predicted molar refractivity (Wildman–Crippen MR) is 59.8 cm³/mol. The summed E-state index contributed by atoms with van der Waals surface area (Å²) in [6.45, 7) is 6.48. The van der Waals surface area contributed by atoms with E-state index in [4.69, 9.17) is 10.3 Å². The lowest BCUT2D eigenvalue weighted by atomic mass is 10.2. The molecule has 0 unspecified atom stereocenters. The first kappa shape index (κ1) is 14.6. The maximum absolute atomic E-state index is 11.2. The van der Waals surface area contributed by atoms with Gasteiger partial charge in [-0.25, -0.2) is 15.3 Å². The summed E-state index contributed by atoms with van der Waals surface area (Å²) in [6, 6.07) is 0. The summed E-state index contributed by atoms with van der Waals surface area (Å²) in [4.78, 5) is 11.2. The summed E-state index contributed by atoms with van der Waals surface area (Å²) in [5.41, 5.74) is 9.01. The zero-order chi connectivity index (χ0) is 12.6. The van der Waals surface area contributed by atoms with Gasteiger partial charge in [0, 0.05) is 13.6 Å². The smallest absolute Gasteiger partial charge is 0.407 e. The molecule has 0 bridgehead atoms. The standard InChI is InChI=1S/C9H21N5O2/c1-9(2,3)16-8(15)12-6-5-7-14(11-4)13-10/h10-11H,5-7H2,1-4H3,(H,12,15). The fourth-order valence-corrected chi connectivity index (χ4v) is 0.945. The Balaban J connectivity index is 3.59. The fourth-order valence-electron chi connectivity index (χ4n) is 0.945. The van der Waals surface area contributed by atoms with Gasteiger partial charge in [-0.2, -0.15) is 5.53 Å². The lowest BCUT2D eigenvalue weighted by Crippen LogP contribution is -2.35. The van der Waals surface area contributed by atoms with E-state index in [-0.39, 0.29) is 0 Å². The van der Waals surface area contributed by atoms with E-state index in [9.17, 15) is 4.79 Å². The van der Waals surface area contributed by atoms with Gasteiger partial charge in [0.1, 0.15) is 5.60 Å². The molecule has 16 heavy (non-hydrogen) atoms. The highest BCUT2D eigenvalue weighted by Crippen LogP contribution is 2.06. The third-order valence-corrected chi connectivity index (χ3v) is 1.59. The number of nitrogens with one attached hydrogen (secondary N) is 3. The molecule has 7 heteroatoms. The number of hydrogen-bond donors (Lipinski definition) is 3. The molecular weight excluding hydrogens is 210 g/mol. The van der Waals surface area contributed by atoms with Crippen molar-refractivity contribution >= 4 is 6.09 Å². The number of hydrogen-bond acceptors (Lipinski definition) is 5. The summed E-state index contributed by atoms with van der Waals surface area (Å²) in [6.07, 6.45) is 0.258. The first-order chi connectivity index (χ1) is 7.39. The van der Waals surface area contributed by atoms with Gasteiger partial charge in [-0.1, -0.05) is 5.22 Å². The number of alkyl carbamates (subject to hydrolysis) is 1. The zero-order valence-corrected chi connectivity index (χ0v) is 10.3. The lowest BCUT2D eigenvalue weighted by Gasteiger charge is -2.20. The molecular formula is C9H21N5O2. The maximum atomic E-state index is 11.2. The van der Waals surface area contributed by atoms with E-state index in [1.165, 1.54) is 5.12 Å². The van der Waals surface area contributed by atoms with Crippen LogP contribution in [0.5, 0.6) is 0 Å². The van der Waals surface area contributed by atoms with Crippen molar-refractivity contribution in [1.82, 2.24) is 15.9 Å². The highest BCUT2D eigenvalue weighted by Gasteiger charge is 2.15. The largest absolute Gasteiger partial charge is 0.444 e. The summed E-state index contributed by atoms with van der Waals surface area (Å²) in [5.74, 6) is 0. The minimum Gasteiger partial charge on any atom is -0.444 e. The molecule has 0 aromatic carbocycles. The second-order valence-corrected chi connectivity index (χ2v) is 4.23. The van der Waals surface area contributed by atoms with Crippen LogP contribution in [-0.4, -0.2) is 36.9 Å². The predicted octanol–water partition coefficient (Wildman–Crippen LogP) is 1.28. The molecule has 0 aromatic heterocycles.